The number of hydrogen-bond acceptors (Lipinski definition) is 2. The van der Waals surface area contributed by atoms with E-state index >= 15 is 0 Å². The predicted molar refractivity (Wildman–Crippen MR) is 186 cm³/mol. The van der Waals surface area contributed by atoms with Gasteiger partial charge in [0, 0.05) is 11.1 Å². The molecular formula is C40H49O2P. The van der Waals surface area contributed by atoms with E-state index in [1.165, 1.54) is 33.4 Å². The summed E-state index contributed by atoms with van der Waals surface area (Å²) in [6, 6.07) is 28.1. The summed E-state index contributed by atoms with van der Waals surface area (Å²) in [6.45, 7) is 27.6. The van der Waals surface area contributed by atoms with Gasteiger partial charge in [-0.2, -0.15) is 0 Å². The summed E-state index contributed by atoms with van der Waals surface area (Å²) in [5.41, 5.74) is 11.7. The molecule has 0 fully saturated rings. The molecule has 0 amide bonds. The lowest BCUT2D eigenvalue weighted by Crippen LogP contribution is -2.24. The van der Waals surface area contributed by atoms with Crippen molar-refractivity contribution in [2.75, 3.05) is 0 Å². The predicted octanol–water partition coefficient (Wildman–Crippen LogP) is 12.5. The van der Waals surface area contributed by atoms with Crippen molar-refractivity contribution in [3.63, 3.8) is 0 Å². The van der Waals surface area contributed by atoms with E-state index < -0.39 is 0 Å². The Morgan fingerprint density at radius 3 is 1.42 bits per heavy atom. The van der Waals surface area contributed by atoms with E-state index in [2.05, 4.69) is 150 Å². The molecule has 0 atom stereocenters. The molecule has 0 N–H and O–H groups in total. The van der Waals surface area contributed by atoms with Gasteiger partial charge in [-0.05, 0) is 78.3 Å². The molecule has 4 aromatic carbocycles. The van der Waals surface area contributed by atoms with Crippen LogP contribution >= 0.6 is 8.69 Å². The minimum absolute atomic E-state index is 0.0335. The van der Waals surface area contributed by atoms with Crippen molar-refractivity contribution < 1.29 is 9.09 Å². The van der Waals surface area contributed by atoms with Gasteiger partial charge in [0.15, 0.2) is 0 Å². The SMILES string of the molecule is CC(C)(C)c1cccc(-c2ccc(OP=O)c(-c3ccccc3)c2-c2cccc(C(C)(C)C)c2C(C)(C)C)c1C(C)(C)C. The van der Waals surface area contributed by atoms with Crippen LogP contribution in [0.2, 0.25) is 0 Å². The van der Waals surface area contributed by atoms with Crippen LogP contribution in [0.3, 0.4) is 0 Å². The Hall–Kier alpha value is -3.22. The highest BCUT2D eigenvalue weighted by Gasteiger charge is 2.33. The van der Waals surface area contributed by atoms with E-state index in [9.17, 15) is 4.57 Å². The zero-order chi connectivity index (χ0) is 32.0. The molecule has 0 saturated carbocycles. The lowest BCUT2D eigenvalue weighted by molar-refractivity contribution is 0.525. The molecule has 2 nitrogen and oxygen atoms in total. The summed E-state index contributed by atoms with van der Waals surface area (Å²) in [7, 11) is -0.376. The molecular weight excluding hydrogens is 543 g/mol. The zero-order valence-electron chi connectivity index (χ0n) is 28.3. The maximum Gasteiger partial charge on any atom is 0.395 e. The molecule has 0 radical (unpaired) electrons. The van der Waals surface area contributed by atoms with Gasteiger partial charge in [-0.25, -0.2) is 4.57 Å². The van der Waals surface area contributed by atoms with E-state index in [1.54, 1.807) is 0 Å². The summed E-state index contributed by atoms with van der Waals surface area (Å²) in [6.07, 6.45) is 0. The van der Waals surface area contributed by atoms with Crippen molar-refractivity contribution in [2.45, 2.75) is 105 Å². The second kappa shape index (κ2) is 11.7. The van der Waals surface area contributed by atoms with Gasteiger partial charge in [0.2, 0.25) is 0 Å². The highest BCUT2D eigenvalue weighted by Crippen LogP contribution is 2.52. The zero-order valence-corrected chi connectivity index (χ0v) is 29.2. The molecule has 43 heavy (non-hydrogen) atoms. The van der Waals surface area contributed by atoms with Crippen molar-refractivity contribution in [3.05, 3.63) is 101 Å². The third-order valence-corrected chi connectivity index (χ3v) is 8.44. The molecule has 0 aromatic heterocycles. The average Bonchev–Trinajstić information content (AvgIpc) is 2.90. The summed E-state index contributed by atoms with van der Waals surface area (Å²) < 4.78 is 17.8. The Morgan fingerprint density at radius 2 is 0.953 bits per heavy atom. The normalized spacial score (nSPS) is 12.9. The Labute approximate surface area is 262 Å². The molecule has 0 aliphatic carbocycles. The van der Waals surface area contributed by atoms with E-state index in [-0.39, 0.29) is 30.3 Å². The first-order valence-electron chi connectivity index (χ1n) is 15.4. The fourth-order valence-electron chi connectivity index (χ4n) is 6.50. The maximum atomic E-state index is 12.0. The van der Waals surface area contributed by atoms with Crippen LogP contribution in [0.5, 0.6) is 5.75 Å². The standard InChI is InChI=1S/C40H49O2P/c1-37(2,3)30-22-16-20-28(35(30)39(7,8)9)27-24-25-32(42-43-41)33(26-18-14-13-15-19-26)34(27)29-21-17-23-31(38(4,5)6)36(29)40(10,11)12/h13-25H,1-12H3. The van der Waals surface area contributed by atoms with Crippen LogP contribution < -0.4 is 4.52 Å². The quantitative estimate of drug-likeness (QED) is 0.216. The summed E-state index contributed by atoms with van der Waals surface area (Å²) in [4.78, 5) is 0. The first-order valence-corrected chi connectivity index (χ1v) is 16.1. The van der Waals surface area contributed by atoms with Crippen LogP contribution in [0.25, 0.3) is 33.4 Å². The minimum atomic E-state index is -0.376. The van der Waals surface area contributed by atoms with Crippen molar-refractivity contribution in [2.24, 2.45) is 0 Å². The van der Waals surface area contributed by atoms with Crippen molar-refractivity contribution in [1.29, 1.82) is 0 Å². The van der Waals surface area contributed by atoms with Crippen molar-refractivity contribution in [3.8, 4) is 39.1 Å². The summed E-state index contributed by atoms with van der Waals surface area (Å²) in [5, 5.41) is 0. The summed E-state index contributed by atoms with van der Waals surface area (Å²) >= 11 is 0. The van der Waals surface area contributed by atoms with Crippen LogP contribution in [0.4, 0.5) is 0 Å². The molecule has 4 aromatic rings. The fourth-order valence-corrected chi connectivity index (χ4v) is 6.73. The number of benzene rings is 4. The third kappa shape index (κ3) is 6.66. The second-order valence-corrected chi connectivity index (χ2v) is 16.2. The maximum absolute atomic E-state index is 12.0. The van der Waals surface area contributed by atoms with Crippen LogP contribution in [-0.4, -0.2) is 0 Å². The van der Waals surface area contributed by atoms with Gasteiger partial charge in [0.05, 0.1) is 0 Å². The van der Waals surface area contributed by atoms with Crippen molar-refractivity contribution >= 4 is 8.69 Å². The second-order valence-electron chi connectivity index (χ2n) is 15.8. The van der Waals surface area contributed by atoms with Crippen LogP contribution in [-0.2, 0) is 26.2 Å². The number of hydrogen-bond donors (Lipinski definition) is 0. The van der Waals surface area contributed by atoms with Crippen molar-refractivity contribution in [1.82, 2.24) is 0 Å². The van der Waals surface area contributed by atoms with Crippen LogP contribution in [0.1, 0.15) is 105 Å². The molecule has 226 valence electrons. The first kappa shape index (κ1) is 32.7. The molecule has 0 bridgehead atoms. The molecule has 4 rings (SSSR count). The third-order valence-electron chi connectivity index (χ3n) is 8.17. The fraction of sp³-hybridized carbons (Fsp3) is 0.400. The van der Waals surface area contributed by atoms with Gasteiger partial charge in [0.1, 0.15) is 5.75 Å². The molecule has 0 spiro atoms. The summed E-state index contributed by atoms with van der Waals surface area (Å²) in [5.74, 6) is 0.604. The van der Waals surface area contributed by atoms with Crippen LogP contribution in [0.15, 0.2) is 78.9 Å². The lowest BCUT2D eigenvalue weighted by atomic mass is 9.69. The molecule has 0 heterocycles. The van der Waals surface area contributed by atoms with Gasteiger partial charge in [-0.3, -0.25) is 0 Å². The van der Waals surface area contributed by atoms with E-state index in [4.69, 9.17) is 4.52 Å². The lowest BCUT2D eigenvalue weighted by Gasteiger charge is -2.35. The Morgan fingerprint density at radius 1 is 0.465 bits per heavy atom. The van der Waals surface area contributed by atoms with Gasteiger partial charge in [-0.15, -0.1) is 0 Å². The molecule has 3 heteroatoms. The number of rotatable bonds is 5. The molecule has 0 saturated heterocycles. The Kier molecular flexibility index (Phi) is 8.89. The van der Waals surface area contributed by atoms with Crippen LogP contribution in [0, 0.1) is 0 Å². The highest BCUT2D eigenvalue weighted by molar-refractivity contribution is 7.17. The highest BCUT2D eigenvalue weighted by atomic mass is 31.1. The minimum Gasteiger partial charge on any atom is -0.407 e. The average molecular weight is 593 g/mol. The van der Waals surface area contributed by atoms with Gasteiger partial charge in [0.25, 0.3) is 0 Å². The monoisotopic (exact) mass is 592 g/mol. The van der Waals surface area contributed by atoms with E-state index in [0.29, 0.717) is 5.75 Å². The Balaban J connectivity index is 2.34. The topological polar surface area (TPSA) is 26.3 Å². The molecule has 0 aliphatic heterocycles. The molecule has 0 aliphatic rings. The Bertz CT molecular complexity index is 1620. The van der Waals surface area contributed by atoms with Gasteiger partial charge in [-0.1, -0.05) is 150 Å². The van der Waals surface area contributed by atoms with Gasteiger partial charge < -0.3 is 4.52 Å². The molecule has 0 unspecified atom stereocenters. The smallest absolute Gasteiger partial charge is 0.395 e. The first-order chi connectivity index (χ1) is 19.9. The van der Waals surface area contributed by atoms with Gasteiger partial charge >= 0.3 is 8.69 Å². The van der Waals surface area contributed by atoms with E-state index in [0.717, 1.165) is 22.3 Å². The van der Waals surface area contributed by atoms with E-state index in [1.807, 2.05) is 12.1 Å². The largest absolute Gasteiger partial charge is 0.407 e.